The Bertz CT molecular complexity index is 541. The Balaban J connectivity index is 2.01. The Morgan fingerprint density at radius 1 is 1.21 bits per heavy atom. The van der Waals surface area contributed by atoms with Gasteiger partial charge in [0.25, 0.3) is 0 Å². The number of rotatable bonds is 5. The molecule has 0 aliphatic carbocycles. The van der Waals surface area contributed by atoms with E-state index >= 15 is 0 Å². The SMILES string of the molecule is Cc1ccc(Cc2ncc(CNC(C)C)[nH]2)cc1C. The monoisotopic (exact) mass is 257 g/mol. The van der Waals surface area contributed by atoms with Gasteiger partial charge in [0.2, 0.25) is 0 Å². The normalized spacial score (nSPS) is 11.2. The number of nitrogens with zero attached hydrogens (tertiary/aromatic N) is 1. The van der Waals surface area contributed by atoms with Crippen molar-refractivity contribution in [3.05, 3.63) is 52.6 Å². The zero-order chi connectivity index (χ0) is 13.8. The molecule has 19 heavy (non-hydrogen) atoms. The summed E-state index contributed by atoms with van der Waals surface area (Å²) >= 11 is 0. The fraction of sp³-hybridized carbons (Fsp3) is 0.438. The lowest BCUT2D eigenvalue weighted by Crippen LogP contribution is -2.21. The number of hydrogen-bond acceptors (Lipinski definition) is 2. The molecule has 1 aromatic heterocycles. The maximum Gasteiger partial charge on any atom is 0.110 e. The first kappa shape index (κ1) is 13.8. The third-order valence-electron chi connectivity index (χ3n) is 3.32. The summed E-state index contributed by atoms with van der Waals surface area (Å²) in [6, 6.07) is 7.09. The van der Waals surface area contributed by atoms with Crippen LogP contribution in [-0.4, -0.2) is 16.0 Å². The molecule has 0 unspecified atom stereocenters. The van der Waals surface area contributed by atoms with Crippen molar-refractivity contribution in [1.82, 2.24) is 15.3 Å². The van der Waals surface area contributed by atoms with E-state index in [0.717, 1.165) is 24.5 Å². The van der Waals surface area contributed by atoms with Crippen LogP contribution in [0.1, 0.15) is 42.1 Å². The van der Waals surface area contributed by atoms with Gasteiger partial charge in [-0.15, -0.1) is 0 Å². The van der Waals surface area contributed by atoms with E-state index < -0.39 is 0 Å². The van der Waals surface area contributed by atoms with Crippen molar-refractivity contribution in [3.63, 3.8) is 0 Å². The minimum absolute atomic E-state index is 0.492. The average Bonchev–Trinajstić information content (AvgIpc) is 2.79. The summed E-state index contributed by atoms with van der Waals surface area (Å²) in [6.45, 7) is 9.43. The Morgan fingerprint density at radius 3 is 2.68 bits per heavy atom. The molecule has 1 aromatic carbocycles. The maximum atomic E-state index is 4.45. The van der Waals surface area contributed by atoms with Crippen molar-refractivity contribution in [3.8, 4) is 0 Å². The van der Waals surface area contributed by atoms with Gasteiger partial charge in [-0.05, 0) is 30.5 Å². The number of imidazole rings is 1. The van der Waals surface area contributed by atoms with Gasteiger partial charge in [0.1, 0.15) is 5.82 Å². The zero-order valence-electron chi connectivity index (χ0n) is 12.2. The van der Waals surface area contributed by atoms with Gasteiger partial charge >= 0.3 is 0 Å². The molecule has 2 aromatic rings. The van der Waals surface area contributed by atoms with Gasteiger partial charge in [0.05, 0.1) is 0 Å². The highest BCUT2D eigenvalue weighted by Gasteiger charge is 2.04. The molecule has 0 radical (unpaired) electrons. The molecule has 3 heteroatoms. The molecule has 0 fully saturated rings. The topological polar surface area (TPSA) is 40.7 Å². The van der Waals surface area contributed by atoms with Crippen molar-refractivity contribution in [2.75, 3.05) is 0 Å². The van der Waals surface area contributed by atoms with Crippen LogP contribution in [0.5, 0.6) is 0 Å². The van der Waals surface area contributed by atoms with Crippen LogP contribution < -0.4 is 5.32 Å². The van der Waals surface area contributed by atoms with Crippen LogP contribution >= 0.6 is 0 Å². The zero-order valence-corrected chi connectivity index (χ0v) is 12.2. The van der Waals surface area contributed by atoms with Gasteiger partial charge in [-0.2, -0.15) is 0 Å². The summed E-state index contributed by atoms with van der Waals surface area (Å²) in [5.41, 5.74) is 5.13. The van der Waals surface area contributed by atoms with E-state index in [1.54, 1.807) is 0 Å². The lowest BCUT2D eigenvalue weighted by atomic mass is 10.0. The van der Waals surface area contributed by atoms with Crippen LogP contribution in [0.3, 0.4) is 0 Å². The van der Waals surface area contributed by atoms with E-state index in [1.165, 1.54) is 16.7 Å². The third kappa shape index (κ3) is 3.93. The Kier molecular flexibility index (Phi) is 4.38. The number of hydrogen-bond donors (Lipinski definition) is 2. The summed E-state index contributed by atoms with van der Waals surface area (Å²) in [6.07, 6.45) is 2.79. The van der Waals surface area contributed by atoms with Crippen LogP contribution in [0.4, 0.5) is 0 Å². The number of aromatic amines is 1. The van der Waals surface area contributed by atoms with Crippen LogP contribution in [0.2, 0.25) is 0 Å². The van der Waals surface area contributed by atoms with Crippen LogP contribution in [0.25, 0.3) is 0 Å². The molecule has 0 atom stereocenters. The summed E-state index contributed by atoms with van der Waals surface area (Å²) in [4.78, 5) is 7.82. The van der Waals surface area contributed by atoms with Crippen LogP contribution in [0, 0.1) is 13.8 Å². The standard InChI is InChI=1S/C16H23N3/c1-11(2)17-9-15-10-18-16(19-15)8-14-6-5-12(3)13(4)7-14/h5-7,10-11,17H,8-9H2,1-4H3,(H,18,19). The van der Waals surface area contributed by atoms with Gasteiger partial charge in [-0.1, -0.05) is 32.0 Å². The molecule has 0 saturated heterocycles. The number of H-pyrrole nitrogens is 1. The van der Waals surface area contributed by atoms with Crippen molar-refractivity contribution in [2.24, 2.45) is 0 Å². The molecule has 0 amide bonds. The fourth-order valence-electron chi connectivity index (χ4n) is 2.01. The number of aromatic nitrogens is 2. The lowest BCUT2D eigenvalue weighted by Gasteiger charge is -2.05. The van der Waals surface area contributed by atoms with Crippen molar-refractivity contribution in [2.45, 2.75) is 46.7 Å². The summed E-state index contributed by atoms with van der Waals surface area (Å²) in [5, 5.41) is 3.38. The molecule has 3 nitrogen and oxygen atoms in total. The van der Waals surface area contributed by atoms with Crippen LogP contribution in [0.15, 0.2) is 24.4 Å². The van der Waals surface area contributed by atoms with Crippen molar-refractivity contribution >= 4 is 0 Å². The second-order valence-corrected chi connectivity index (χ2v) is 5.49. The maximum absolute atomic E-state index is 4.45. The second-order valence-electron chi connectivity index (χ2n) is 5.49. The van der Waals surface area contributed by atoms with Gasteiger partial charge in [0.15, 0.2) is 0 Å². The number of benzene rings is 1. The van der Waals surface area contributed by atoms with E-state index in [4.69, 9.17) is 0 Å². The first-order valence-electron chi connectivity index (χ1n) is 6.87. The Morgan fingerprint density at radius 2 is 2.00 bits per heavy atom. The average molecular weight is 257 g/mol. The second kappa shape index (κ2) is 6.02. The largest absolute Gasteiger partial charge is 0.345 e. The molecule has 2 rings (SSSR count). The van der Waals surface area contributed by atoms with Gasteiger partial charge in [-0.3, -0.25) is 0 Å². The molecule has 102 valence electrons. The Labute approximate surface area is 115 Å². The molecule has 0 aliphatic rings. The molecule has 1 heterocycles. The van der Waals surface area contributed by atoms with Gasteiger partial charge < -0.3 is 10.3 Å². The summed E-state index contributed by atoms with van der Waals surface area (Å²) in [7, 11) is 0. The van der Waals surface area contributed by atoms with E-state index in [9.17, 15) is 0 Å². The predicted octanol–water partition coefficient (Wildman–Crippen LogP) is 3.12. The molecule has 2 N–H and O–H groups in total. The van der Waals surface area contributed by atoms with Crippen molar-refractivity contribution < 1.29 is 0 Å². The quantitative estimate of drug-likeness (QED) is 0.864. The van der Waals surface area contributed by atoms with Gasteiger partial charge in [-0.25, -0.2) is 4.98 Å². The summed E-state index contributed by atoms with van der Waals surface area (Å²) in [5.74, 6) is 1.03. The highest BCUT2D eigenvalue weighted by Crippen LogP contribution is 2.12. The smallest absolute Gasteiger partial charge is 0.110 e. The lowest BCUT2D eigenvalue weighted by molar-refractivity contribution is 0.582. The van der Waals surface area contributed by atoms with E-state index in [0.29, 0.717) is 6.04 Å². The van der Waals surface area contributed by atoms with Crippen LogP contribution in [-0.2, 0) is 13.0 Å². The van der Waals surface area contributed by atoms with E-state index in [2.05, 4.69) is 61.2 Å². The number of nitrogens with one attached hydrogen (secondary N) is 2. The third-order valence-corrected chi connectivity index (χ3v) is 3.32. The first-order chi connectivity index (χ1) is 9.04. The van der Waals surface area contributed by atoms with E-state index in [1.807, 2.05) is 6.20 Å². The minimum Gasteiger partial charge on any atom is -0.345 e. The van der Waals surface area contributed by atoms with Crippen molar-refractivity contribution in [1.29, 1.82) is 0 Å². The highest BCUT2D eigenvalue weighted by molar-refractivity contribution is 5.31. The molecular formula is C16H23N3. The molecule has 0 bridgehead atoms. The number of aryl methyl sites for hydroxylation is 2. The van der Waals surface area contributed by atoms with E-state index in [-0.39, 0.29) is 0 Å². The Hall–Kier alpha value is -1.61. The highest BCUT2D eigenvalue weighted by atomic mass is 15.0. The molecule has 0 saturated carbocycles. The molecule has 0 aliphatic heterocycles. The molecular weight excluding hydrogens is 234 g/mol. The fourth-order valence-corrected chi connectivity index (χ4v) is 2.01. The first-order valence-corrected chi connectivity index (χ1v) is 6.87. The predicted molar refractivity (Wildman–Crippen MR) is 79.3 cm³/mol. The van der Waals surface area contributed by atoms with Gasteiger partial charge in [0, 0.05) is 30.9 Å². The minimum atomic E-state index is 0.492. The summed E-state index contributed by atoms with van der Waals surface area (Å²) < 4.78 is 0. The molecule has 0 spiro atoms.